The first-order chi connectivity index (χ1) is 11.6. The first kappa shape index (κ1) is 15.1. The molecule has 7 nitrogen and oxygen atoms in total. The zero-order valence-electron chi connectivity index (χ0n) is 13.8. The molecule has 1 atom stereocenters. The van der Waals surface area contributed by atoms with Gasteiger partial charge in [-0.25, -0.2) is 4.98 Å². The van der Waals surface area contributed by atoms with Crippen LogP contribution in [0.5, 0.6) is 0 Å². The quantitative estimate of drug-likeness (QED) is 0.869. The second kappa shape index (κ2) is 5.89. The summed E-state index contributed by atoms with van der Waals surface area (Å²) in [6.45, 7) is 3.11. The van der Waals surface area contributed by atoms with Crippen LogP contribution in [0.25, 0.3) is 0 Å². The standard InChI is InChI=1S/C17H21N5O2/c1-10-18-15(21-20-10)12-5-3-7-22(9-12)17(24)13-8-11-4-2-6-14(11)19-16(13)23/h8,12H,2-7,9H2,1H3,(H,19,23)(H,18,20,21)/t12-/m0/s1. The predicted molar refractivity (Wildman–Crippen MR) is 88.1 cm³/mol. The van der Waals surface area contributed by atoms with Crippen molar-refractivity contribution in [1.82, 2.24) is 25.1 Å². The molecule has 0 saturated carbocycles. The van der Waals surface area contributed by atoms with Gasteiger partial charge in [-0.1, -0.05) is 0 Å². The predicted octanol–water partition coefficient (Wildman–Crippen LogP) is 1.31. The van der Waals surface area contributed by atoms with Gasteiger partial charge in [0.2, 0.25) is 0 Å². The lowest BCUT2D eigenvalue weighted by Crippen LogP contribution is -2.41. The van der Waals surface area contributed by atoms with Gasteiger partial charge >= 0.3 is 0 Å². The summed E-state index contributed by atoms with van der Waals surface area (Å²) in [5.74, 6) is 1.49. The lowest BCUT2D eigenvalue weighted by Gasteiger charge is -2.31. The Morgan fingerprint density at radius 2 is 2.21 bits per heavy atom. The maximum absolute atomic E-state index is 12.9. The fraction of sp³-hybridized carbons (Fsp3) is 0.529. The number of amides is 1. The minimum atomic E-state index is -0.267. The number of aromatic nitrogens is 4. The summed E-state index contributed by atoms with van der Waals surface area (Å²) in [5.41, 5.74) is 2.10. The van der Waals surface area contributed by atoms with E-state index in [-0.39, 0.29) is 22.9 Å². The van der Waals surface area contributed by atoms with Crippen molar-refractivity contribution in [3.05, 3.63) is 44.9 Å². The number of carbonyl (C=O) groups excluding carboxylic acids is 1. The molecule has 3 heterocycles. The van der Waals surface area contributed by atoms with E-state index in [1.54, 1.807) is 11.0 Å². The lowest BCUT2D eigenvalue weighted by molar-refractivity contribution is 0.0702. The molecule has 2 aromatic heterocycles. The molecule has 2 N–H and O–H groups in total. The van der Waals surface area contributed by atoms with Crippen LogP contribution in [-0.2, 0) is 12.8 Å². The number of aryl methyl sites for hydroxylation is 3. The largest absolute Gasteiger partial charge is 0.338 e. The van der Waals surface area contributed by atoms with Gasteiger partial charge in [-0.2, -0.15) is 5.10 Å². The number of fused-ring (bicyclic) bond motifs is 1. The molecular weight excluding hydrogens is 306 g/mol. The Hall–Kier alpha value is -2.44. The van der Waals surface area contributed by atoms with Gasteiger partial charge in [-0.15, -0.1) is 0 Å². The van der Waals surface area contributed by atoms with E-state index in [4.69, 9.17) is 0 Å². The van der Waals surface area contributed by atoms with Crippen molar-refractivity contribution in [3.8, 4) is 0 Å². The van der Waals surface area contributed by atoms with Crippen molar-refractivity contribution in [1.29, 1.82) is 0 Å². The molecule has 7 heteroatoms. The Morgan fingerprint density at radius 1 is 1.33 bits per heavy atom. The summed E-state index contributed by atoms with van der Waals surface area (Å²) in [4.78, 5) is 34.2. The number of nitrogens with zero attached hydrogens (tertiary/aromatic N) is 3. The minimum absolute atomic E-state index is 0.126. The van der Waals surface area contributed by atoms with E-state index in [1.165, 1.54) is 0 Å². The fourth-order valence-corrected chi connectivity index (χ4v) is 3.76. The van der Waals surface area contributed by atoms with Crippen LogP contribution in [0.1, 0.15) is 58.4 Å². The highest BCUT2D eigenvalue weighted by Crippen LogP contribution is 2.26. The zero-order valence-corrected chi connectivity index (χ0v) is 13.8. The number of pyridine rings is 1. The summed E-state index contributed by atoms with van der Waals surface area (Å²) in [6.07, 6.45) is 4.73. The number of aromatic amines is 2. The van der Waals surface area contributed by atoms with Crippen molar-refractivity contribution in [2.75, 3.05) is 13.1 Å². The highest BCUT2D eigenvalue weighted by Gasteiger charge is 2.29. The Labute approximate surface area is 139 Å². The van der Waals surface area contributed by atoms with E-state index in [2.05, 4.69) is 20.2 Å². The van der Waals surface area contributed by atoms with E-state index in [9.17, 15) is 9.59 Å². The van der Waals surface area contributed by atoms with Crippen LogP contribution < -0.4 is 5.56 Å². The van der Waals surface area contributed by atoms with Crippen molar-refractivity contribution >= 4 is 5.91 Å². The monoisotopic (exact) mass is 327 g/mol. The van der Waals surface area contributed by atoms with Crippen molar-refractivity contribution < 1.29 is 4.79 Å². The number of likely N-dealkylation sites (tertiary alicyclic amines) is 1. The highest BCUT2D eigenvalue weighted by atomic mass is 16.2. The van der Waals surface area contributed by atoms with Crippen LogP contribution in [0.3, 0.4) is 0 Å². The van der Waals surface area contributed by atoms with Gasteiger partial charge in [-0.3, -0.25) is 14.7 Å². The summed E-state index contributed by atoms with van der Waals surface area (Å²) in [5, 5.41) is 7.09. The lowest BCUT2D eigenvalue weighted by atomic mass is 9.96. The Kier molecular flexibility index (Phi) is 3.70. The van der Waals surface area contributed by atoms with Crippen LogP contribution in [0, 0.1) is 6.92 Å². The Morgan fingerprint density at radius 3 is 3.00 bits per heavy atom. The molecule has 2 aromatic rings. The van der Waals surface area contributed by atoms with Crippen LogP contribution in [0.2, 0.25) is 0 Å². The number of nitrogens with one attached hydrogen (secondary N) is 2. The molecule has 0 spiro atoms. The van der Waals surface area contributed by atoms with Crippen LogP contribution in [-0.4, -0.2) is 44.1 Å². The molecule has 1 aliphatic heterocycles. The summed E-state index contributed by atoms with van der Waals surface area (Å²) in [7, 11) is 0. The fourth-order valence-electron chi connectivity index (χ4n) is 3.76. The summed E-state index contributed by atoms with van der Waals surface area (Å²) in [6, 6.07) is 1.80. The molecule has 4 rings (SSSR count). The molecule has 1 saturated heterocycles. The molecule has 2 aliphatic rings. The number of H-pyrrole nitrogens is 2. The van der Waals surface area contributed by atoms with Crippen molar-refractivity contribution in [3.63, 3.8) is 0 Å². The van der Waals surface area contributed by atoms with E-state index in [0.29, 0.717) is 13.1 Å². The average Bonchev–Trinajstić information content (AvgIpc) is 3.22. The molecule has 1 aliphatic carbocycles. The maximum atomic E-state index is 12.9. The molecule has 0 bridgehead atoms. The maximum Gasteiger partial charge on any atom is 0.261 e. The van der Waals surface area contributed by atoms with Gasteiger partial charge in [-0.05, 0) is 50.7 Å². The number of hydrogen-bond acceptors (Lipinski definition) is 4. The average molecular weight is 327 g/mol. The molecule has 0 aromatic carbocycles. The number of hydrogen-bond donors (Lipinski definition) is 2. The first-order valence-corrected chi connectivity index (χ1v) is 8.55. The van der Waals surface area contributed by atoms with Crippen LogP contribution in [0.15, 0.2) is 10.9 Å². The van der Waals surface area contributed by atoms with E-state index >= 15 is 0 Å². The summed E-state index contributed by atoms with van der Waals surface area (Å²) < 4.78 is 0. The van der Waals surface area contributed by atoms with E-state index in [0.717, 1.165) is 55.0 Å². The number of carbonyl (C=O) groups is 1. The zero-order chi connectivity index (χ0) is 16.7. The van der Waals surface area contributed by atoms with Crippen LogP contribution >= 0.6 is 0 Å². The van der Waals surface area contributed by atoms with Gasteiger partial charge < -0.3 is 9.88 Å². The second-order valence-corrected chi connectivity index (χ2v) is 6.74. The third-order valence-corrected chi connectivity index (χ3v) is 5.01. The molecule has 1 amide bonds. The van der Waals surface area contributed by atoms with Gasteiger partial charge in [0, 0.05) is 24.7 Å². The second-order valence-electron chi connectivity index (χ2n) is 6.74. The third kappa shape index (κ3) is 2.64. The van der Waals surface area contributed by atoms with Crippen molar-refractivity contribution in [2.45, 2.75) is 44.9 Å². The van der Waals surface area contributed by atoms with Gasteiger partial charge in [0.1, 0.15) is 11.4 Å². The normalized spacial score (nSPS) is 20.2. The topological polar surface area (TPSA) is 94.7 Å². The number of piperidine rings is 1. The Bertz CT molecular complexity index is 838. The SMILES string of the molecule is Cc1nc([C@H]2CCCN(C(=O)c3cc4c([nH]c3=O)CCC4)C2)n[nH]1. The van der Waals surface area contributed by atoms with Crippen molar-refractivity contribution in [2.24, 2.45) is 0 Å². The molecule has 24 heavy (non-hydrogen) atoms. The van der Waals surface area contributed by atoms with E-state index in [1.807, 2.05) is 6.92 Å². The molecule has 0 unspecified atom stereocenters. The summed E-state index contributed by atoms with van der Waals surface area (Å²) >= 11 is 0. The number of rotatable bonds is 2. The molecule has 0 radical (unpaired) electrons. The molecule has 126 valence electrons. The van der Waals surface area contributed by atoms with Gasteiger partial charge in [0.15, 0.2) is 5.82 Å². The van der Waals surface area contributed by atoms with Gasteiger partial charge in [0.05, 0.1) is 0 Å². The highest BCUT2D eigenvalue weighted by molar-refractivity contribution is 5.94. The molecule has 1 fully saturated rings. The van der Waals surface area contributed by atoms with Crippen LogP contribution in [0.4, 0.5) is 0 Å². The first-order valence-electron chi connectivity index (χ1n) is 8.55. The minimum Gasteiger partial charge on any atom is -0.338 e. The van der Waals surface area contributed by atoms with E-state index < -0.39 is 0 Å². The Balaban J connectivity index is 1.57. The molecular formula is C17H21N5O2. The van der Waals surface area contributed by atoms with Gasteiger partial charge in [0.25, 0.3) is 11.5 Å². The smallest absolute Gasteiger partial charge is 0.261 e. The third-order valence-electron chi connectivity index (χ3n) is 5.01.